The quantitative estimate of drug-likeness (QED) is 0.914. The molecular formula is C15H16BrNO. The van der Waals surface area contributed by atoms with Crippen LogP contribution in [0.1, 0.15) is 30.1 Å². The van der Waals surface area contributed by atoms with E-state index in [0.29, 0.717) is 5.92 Å². The minimum absolute atomic E-state index is 0.270. The zero-order chi connectivity index (χ0) is 12.5. The predicted molar refractivity (Wildman–Crippen MR) is 75.4 cm³/mol. The summed E-state index contributed by atoms with van der Waals surface area (Å²) in [6.45, 7) is 0.844. The van der Waals surface area contributed by atoms with E-state index in [0.717, 1.165) is 29.4 Å². The van der Waals surface area contributed by atoms with Crippen LogP contribution >= 0.6 is 15.9 Å². The molecule has 2 nitrogen and oxygen atoms in total. The van der Waals surface area contributed by atoms with Crippen molar-refractivity contribution in [3.63, 3.8) is 0 Å². The van der Waals surface area contributed by atoms with Crippen molar-refractivity contribution in [1.29, 1.82) is 0 Å². The van der Waals surface area contributed by atoms with Crippen molar-refractivity contribution in [1.82, 2.24) is 4.57 Å². The normalized spacial score (nSPS) is 16.8. The van der Waals surface area contributed by atoms with Gasteiger partial charge in [-0.05, 0) is 48.1 Å². The maximum atomic E-state index is 10.1. The molecule has 1 fully saturated rings. The molecule has 0 spiro atoms. The molecule has 1 N–H and O–H groups in total. The molecule has 1 aliphatic rings. The Balaban J connectivity index is 1.73. The zero-order valence-electron chi connectivity index (χ0n) is 10.1. The highest BCUT2D eigenvalue weighted by atomic mass is 79.9. The van der Waals surface area contributed by atoms with Gasteiger partial charge in [0.2, 0.25) is 0 Å². The van der Waals surface area contributed by atoms with Crippen molar-refractivity contribution in [2.45, 2.75) is 25.5 Å². The maximum absolute atomic E-state index is 10.1. The SMILES string of the molecule is OC(c1ccn(Cc2cccc(Br)c2)c1)C1CC1. The van der Waals surface area contributed by atoms with Crippen LogP contribution in [0, 0.1) is 5.92 Å². The fourth-order valence-corrected chi connectivity index (χ4v) is 2.71. The zero-order valence-corrected chi connectivity index (χ0v) is 11.7. The molecule has 1 saturated carbocycles. The average molecular weight is 306 g/mol. The van der Waals surface area contributed by atoms with Crippen LogP contribution in [0.15, 0.2) is 47.2 Å². The second kappa shape index (κ2) is 4.90. The van der Waals surface area contributed by atoms with E-state index >= 15 is 0 Å². The highest BCUT2D eigenvalue weighted by molar-refractivity contribution is 9.10. The van der Waals surface area contributed by atoms with Crippen LogP contribution in [0.3, 0.4) is 0 Å². The Morgan fingerprint density at radius 1 is 1.33 bits per heavy atom. The molecule has 0 bridgehead atoms. The summed E-state index contributed by atoms with van der Waals surface area (Å²) in [4.78, 5) is 0. The van der Waals surface area contributed by atoms with Crippen LogP contribution in [-0.2, 0) is 6.54 Å². The third kappa shape index (κ3) is 2.68. The van der Waals surface area contributed by atoms with E-state index in [4.69, 9.17) is 0 Å². The molecule has 1 atom stereocenters. The van der Waals surface area contributed by atoms with Gasteiger partial charge in [0.05, 0.1) is 6.10 Å². The van der Waals surface area contributed by atoms with E-state index in [1.807, 2.05) is 24.4 Å². The predicted octanol–water partition coefficient (Wildman–Crippen LogP) is 3.74. The first-order valence-electron chi connectivity index (χ1n) is 6.30. The molecule has 0 amide bonds. The van der Waals surface area contributed by atoms with Gasteiger partial charge in [-0.15, -0.1) is 0 Å². The van der Waals surface area contributed by atoms with Crippen LogP contribution in [0.5, 0.6) is 0 Å². The number of rotatable bonds is 4. The third-order valence-electron chi connectivity index (χ3n) is 3.44. The summed E-state index contributed by atoms with van der Waals surface area (Å²) in [7, 11) is 0. The largest absolute Gasteiger partial charge is 0.388 e. The number of aromatic nitrogens is 1. The smallest absolute Gasteiger partial charge is 0.0832 e. The number of aliphatic hydroxyl groups excluding tert-OH is 1. The van der Waals surface area contributed by atoms with Gasteiger partial charge in [0, 0.05) is 23.4 Å². The van der Waals surface area contributed by atoms with Gasteiger partial charge in [-0.3, -0.25) is 0 Å². The molecule has 1 unspecified atom stereocenters. The molecule has 0 saturated heterocycles. The number of halogens is 1. The van der Waals surface area contributed by atoms with E-state index in [1.54, 1.807) is 0 Å². The Morgan fingerprint density at radius 3 is 2.89 bits per heavy atom. The Morgan fingerprint density at radius 2 is 2.17 bits per heavy atom. The van der Waals surface area contributed by atoms with Crippen molar-refractivity contribution in [2.75, 3.05) is 0 Å². The number of aliphatic hydroxyl groups is 1. The van der Waals surface area contributed by atoms with Gasteiger partial charge in [-0.1, -0.05) is 28.1 Å². The van der Waals surface area contributed by atoms with E-state index in [9.17, 15) is 5.11 Å². The standard InChI is InChI=1S/C15H16BrNO/c16-14-3-1-2-11(8-14)9-17-7-6-13(10-17)15(18)12-4-5-12/h1-3,6-8,10,12,15,18H,4-5,9H2. The van der Waals surface area contributed by atoms with Gasteiger partial charge < -0.3 is 9.67 Å². The minimum Gasteiger partial charge on any atom is -0.388 e. The van der Waals surface area contributed by atoms with Crippen LogP contribution < -0.4 is 0 Å². The van der Waals surface area contributed by atoms with Crippen molar-refractivity contribution in [2.24, 2.45) is 5.92 Å². The molecule has 1 aromatic carbocycles. The molecule has 2 aromatic rings. The summed E-state index contributed by atoms with van der Waals surface area (Å²) in [5.74, 6) is 0.492. The van der Waals surface area contributed by atoms with Gasteiger partial charge in [-0.2, -0.15) is 0 Å². The molecule has 1 aliphatic carbocycles. The molecule has 0 aliphatic heterocycles. The maximum Gasteiger partial charge on any atom is 0.0832 e. The molecular weight excluding hydrogens is 290 g/mol. The molecule has 3 rings (SSSR count). The topological polar surface area (TPSA) is 25.2 Å². The first kappa shape index (κ1) is 12.0. The highest BCUT2D eigenvalue weighted by Gasteiger charge is 2.31. The van der Waals surface area contributed by atoms with Crippen molar-refractivity contribution in [3.8, 4) is 0 Å². The van der Waals surface area contributed by atoms with E-state index in [-0.39, 0.29) is 6.10 Å². The first-order chi connectivity index (χ1) is 8.72. The monoisotopic (exact) mass is 305 g/mol. The number of benzene rings is 1. The molecule has 94 valence electrons. The summed E-state index contributed by atoms with van der Waals surface area (Å²) in [5, 5.41) is 10.1. The highest BCUT2D eigenvalue weighted by Crippen LogP contribution is 2.40. The molecule has 3 heteroatoms. The molecule has 18 heavy (non-hydrogen) atoms. The molecule has 1 aromatic heterocycles. The number of hydrogen-bond acceptors (Lipinski definition) is 1. The van der Waals surface area contributed by atoms with Crippen molar-refractivity contribution < 1.29 is 5.11 Å². The summed E-state index contributed by atoms with van der Waals surface area (Å²) in [6, 6.07) is 10.3. The van der Waals surface area contributed by atoms with Crippen LogP contribution in [0.2, 0.25) is 0 Å². The second-order valence-electron chi connectivity index (χ2n) is 5.03. The van der Waals surface area contributed by atoms with Crippen LogP contribution in [0.25, 0.3) is 0 Å². The van der Waals surface area contributed by atoms with E-state index < -0.39 is 0 Å². The van der Waals surface area contributed by atoms with Crippen LogP contribution in [-0.4, -0.2) is 9.67 Å². The lowest BCUT2D eigenvalue weighted by Gasteiger charge is -2.06. The van der Waals surface area contributed by atoms with E-state index in [2.05, 4.69) is 38.8 Å². The van der Waals surface area contributed by atoms with Gasteiger partial charge in [-0.25, -0.2) is 0 Å². The van der Waals surface area contributed by atoms with Gasteiger partial charge in [0.25, 0.3) is 0 Å². The van der Waals surface area contributed by atoms with Crippen molar-refractivity contribution in [3.05, 3.63) is 58.3 Å². The summed E-state index contributed by atoms with van der Waals surface area (Å²) < 4.78 is 3.23. The lowest BCUT2D eigenvalue weighted by molar-refractivity contribution is 0.154. The summed E-state index contributed by atoms with van der Waals surface area (Å²) in [5.41, 5.74) is 2.31. The Kier molecular flexibility index (Phi) is 3.27. The average Bonchev–Trinajstić information content (AvgIpc) is 3.09. The molecule has 0 radical (unpaired) electrons. The van der Waals surface area contributed by atoms with Crippen molar-refractivity contribution >= 4 is 15.9 Å². The fraction of sp³-hybridized carbons (Fsp3) is 0.333. The van der Waals surface area contributed by atoms with Gasteiger partial charge in [0.1, 0.15) is 0 Å². The lowest BCUT2D eigenvalue weighted by Crippen LogP contribution is -1.99. The fourth-order valence-electron chi connectivity index (χ4n) is 2.26. The van der Waals surface area contributed by atoms with Gasteiger partial charge in [0.15, 0.2) is 0 Å². The second-order valence-corrected chi connectivity index (χ2v) is 5.95. The number of hydrogen-bond donors (Lipinski definition) is 1. The Labute approximate surface area is 115 Å². The van der Waals surface area contributed by atoms with Crippen LogP contribution in [0.4, 0.5) is 0 Å². The Bertz CT molecular complexity index is 545. The minimum atomic E-state index is -0.270. The lowest BCUT2D eigenvalue weighted by atomic mass is 10.1. The third-order valence-corrected chi connectivity index (χ3v) is 3.93. The summed E-state index contributed by atoms with van der Waals surface area (Å²) in [6.07, 6.45) is 6.16. The first-order valence-corrected chi connectivity index (χ1v) is 7.10. The van der Waals surface area contributed by atoms with E-state index in [1.165, 1.54) is 5.56 Å². The summed E-state index contributed by atoms with van der Waals surface area (Å²) >= 11 is 3.48. The molecule has 1 heterocycles. The Hall–Kier alpha value is -1.06. The van der Waals surface area contributed by atoms with Gasteiger partial charge >= 0.3 is 0 Å². The number of nitrogens with zero attached hydrogens (tertiary/aromatic N) is 1.